The number of hydrogen-bond acceptors (Lipinski definition) is 1. The summed E-state index contributed by atoms with van der Waals surface area (Å²) in [4.78, 5) is 0. The zero-order chi connectivity index (χ0) is 15.6. The van der Waals surface area contributed by atoms with Gasteiger partial charge in [-0.2, -0.15) is 0 Å². The maximum atomic E-state index is 13.8. The second-order valence-corrected chi connectivity index (χ2v) is 6.13. The molecule has 2 aromatic rings. The van der Waals surface area contributed by atoms with E-state index < -0.39 is 11.2 Å². The summed E-state index contributed by atoms with van der Waals surface area (Å²) in [5.41, 5.74) is 0.950. The summed E-state index contributed by atoms with van der Waals surface area (Å²) in [7, 11) is 1.49. The molecule has 1 atom stereocenters. The molecule has 0 radical (unpaired) electrons. The zero-order valence-electron chi connectivity index (χ0n) is 11.0. The number of rotatable bonds is 4. The second-order valence-electron chi connectivity index (χ2n) is 4.38. The Morgan fingerprint density at radius 1 is 1.10 bits per heavy atom. The SMILES string of the molecule is COc1cc(Cl)c(C(Cl)Cc2c(F)cccc2Cl)cc1Cl. The van der Waals surface area contributed by atoms with Gasteiger partial charge in [0.1, 0.15) is 11.6 Å². The van der Waals surface area contributed by atoms with Crippen molar-refractivity contribution in [1.82, 2.24) is 0 Å². The molecule has 0 N–H and O–H groups in total. The van der Waals surface area contributed by atoms with Crippen molar-refractivity contribution in [1.29, 1.82) is 0 Å². The van der Waals surface area contributed by atoms with E-state index in [2.05, 4.69) is 0 Å². The predicted octanol–water partition coefficient (Wildman–Crippen LogP) is 6.32. The molecular formula is C15H11Cl4FO. The van der Waals surface area contributed by atoms with Gasteiger partial charge in [0.25, 0.3) is 0 Å². The van der Waals surface area contributed by atoms with Crippen LogP contribution in [0, 0.1) is 5.82 Å². The molecule has 0 aliphatic rings. The van der Waals surface area contributed by atoms with E-state index in [-0.39, 0.29) is 6.42 Å². The summed E-state index contributed by atoms with van der Waals surface area (Å²) in [5.74, 6) is 0.0575. The molecule has 0 fully saturated rings. The quantitative estimate of drug-likeness (QED) is 0.574. The number of halogens is 5. The van der Waals surface area contributed by atoms with E-state index in [0.717, 1.165) is 0 Å². The van der Waals surface area contributed by atoms with Crippen molar-refractivity contribution in [3.05, 3.63) is 62.3 Å². The third-order valence-corrected chi connectivity index (χ3v) is 4.42. The number of benzene rings is 2. The first-order valence-electron chi connectivity index (χ1n) is 6.04. The standard InChI is InChI=1S/C15H11Cl4FO/c1-21-15-7-12(18)8(5-13(15)19)11(17)6-9-10(16)3-2-4-14(9)20/h2-5,7,11H,6H2,1H3. The van der Waals surface area contributed by atoms with Gasteiger partial charge in [-0.25, -0.2) is 4.39 Å². The molecule has 112 valence electrons. The van der Waals surface area contributed by atoms with Crippen molar-refractivity contribution >= 4 is 46.4 Å². The summed E-state index contributed by atoms with van der Waals surface area (Å²) < 4.78 is 18.9. The highest BCUT2D eigenvalue weighted by Gasteiger charge is 2.19. The molecular weight excluding hydrogens is 357 g/mol. The molecule has 0 spiro atoms. The molecule has 2 rings (SSSR count). The van der Waals surface area contributed by atoms with E-state index in [1.165, 1.54) is 13.2 Å². The zero-order valence-corrected chi connectivity index (χ0v) is 14.0. The van der Waals surface area contributed by atoms with Crippen LogP contribution in [0.5, 0.6) is 5.75 Å². The Bertz CT molecular complexity index is 640. The van der Waals surface area contributed by atoms with Crippen molar-refractivity contribution in [2.75, 3.05) is 7.11 Å². The predicted molar refractivity (Wildman–Crippen MR) is 86.7 cm³/mol. The summed E-state index contributed by atoms with van der Waals surface area (Å²) in [6.45, 7) is 0. The molecule has 0 saturated carbocycles. The van der Waals surface area contributed by atoms with Crippen LogP contribution in [0.4, 0.5) is 4.39 Å². The van der Waals surface area contributed by atoms with Gasteiger partial charge in [-0.15, -0.1) is 11.6 Å². The molecule has 1 unspecified atom stereocenters. The molecule has 2 aromatic carbocycles. The average Bonchev–Trinajstić information content (AvgIpc) is 2.44. The molecule has 0 bridgehead atoms. The van der Waals surface area contributed by atoms with E-state index in [1.54, 1.807) is 24.3 Å². The lowest BCUT2D eigenvalue weighted by molar-refractivity contribution is 0.415. The van der Waals surface area contributed by atoms with Gasteiger partial charge in [0.2, 0.25) is 0 Å². The second kappa shape index (κ2) is 7.06. The van der Waals surface area contributed by atoms with E-state index in [1.807, 2.05) is 0 Å². The Labute approximate surface area is 142 Å². The first-order valence-corrected chi connectivity index (χ1v) is 7.61. The van der Waals surface area contributed by atoms with Crippen LogP contribution < -0.4 is 4.74 Å². The van der Waals surface area contributed by atoms with E-state index in [0.29, 0.717) is 31.9 Å². The van der Waals surface area contributed by atoms with Gasteiger partial charge in [0.15, 0.2) is 0 Å². The van der Waals surface area contributed by atoms with Crippen molar-refractivity contribution in [2.24, 2.45) is 0 Å². The fourth-order valence-corrected chi connectivity index (χ4v) is 3.12. The molecule has 1 nitrogen and oxygen atoms in total. The Balaban J connectivity index is 2.33. The first kappa shape index (κ1) is 16.7. The topological polar surface area (TPSA) is 9.23 Å². The number of ether oxygens (including phenoxy) is 1. The Hall–Kier alpha value is -0.670. The third-order valence-electron chi connectivity index (χ3n) is 3.05. The number of alkyl halides is 1. The minimum absolute atomic E-state index is 0.204. The summed E-state index contributed by atoms with van der Waals surface area (Å²) in [5, 5.41) is 0.567. The highest BCUT2D eigenvalue weighted by molar-refractivity contribution is 6.36. The molecule has 0 saturated heterocycles. The highest BCUT2D eigenvalue weighted by Crippen LogP contribution is 2.38. The lowest BCUT2D eigenvalue weighted by Crippen LogP contribution is -2.01. The third kappa shape index (κ3) is 3.75. The van der Waals surface area contributed by atoms with E-state index >= 15 is 0 Å². The highest BCUT2D eigenvalue weighted by atomic mass is 35.5. The average molecular weight is 368 g/mol. The van der Waals surface area contributed by atoms with E-state index in [4.69, 9.17) is 51.1 Å². The largest absolute Gasteiger partial charge is 0.495 e. The van der Waals surface area contributed by atoms with Crippen molar-refractivity contribution in [3.8, 4) is 5.75 Å². The molecule has 0 amide bonds. The molecule has 0 aromatic heterocycles. The maximum Gasteiger partial charge on any atom is 0.138 e. The van der Waals surface area contributed by atoms with Crippen LogP contribution in [0.1, 0.15) is 16.5 Å². The fraction of sp³-hybridized carbons (Fsp3) is 0.200. The summed E-state index contributed by atoms with van der Waals surface area (Å²) >= 11 is 24.6. The smallest absolute Gasteiger partial charge is 0.138 e. The van der Waals surface area contributed by atoms with Crippen LogP contribution in [0.3, 0.4) is 0 Å². The monoisotopic (exact) mass is 366 g/mol. The number of hydrogen-bond donors (Lipinski definition) is 0. The molecule has 0 heterocycles. The minimum Gasteiger partial charge on any atom is -0.495 e. The van der Waals surface area contributed by atoms with Crippen LogP contribution in [0.2, 0.25) is 15.1 Å². The van der Waals surface area contributed by atoms with Crippen LogP contribution >= 0.6 is 46.4 Å². The van der Waals surface area contributed by atoms with Crippen LogP contribution in [0.25, 0.3) is 0 Å². The Morgan fingerprint density at radius 2 is 1.81 bits per heavy atom. The fourth-order valence-electron chi connectivity index (χ4n) is 1.96. The van der Waals surface area contributed by atoms with Crippen LogP contribution in [-0.4, -0.2) is 7.11 Å². The molecule has 0 aliphatic heterocycles. The molecule has 21 heavy (non-hydrogen) atoms. The normalized spacial score (nSPS) is 12.3. The Morgan fingerprint density at radius 3 is 2.43 bits per heavy atom. The van der Waals surface area contributed by atoms with Crippen LogP contribution in [0.15, 0.2) is 30.3 Å². The summed E-state index contributed by atoms with van der Waals surface area (Å²) in [6, 6.07) is 7.70. The van der Waals surface area contributed by atoms with E-state index in [9.17, 15) is 4.39 Å². The van der Waals surface area contributed by atoms with Crippen molar-refractivity contribution in [2.45, 2.75) is 11.8 Å². The lowest BCUT2D eigenvalue weighted by Gasteiger charge is -2.15. The minimum atomic E-state index is -0.560. The van der Waals surface area contributed by atoms with Crippen molar-refractivity contribution < 1.29 is 9.13 Å². The number of methoxy groups -OCH3 is 1. The molecule has 0 aliphatic carbocycles. The maximum absolute atomic E-state index is 13.8. The van der Waals surface area contributed by atoms with Gasteiger partial charge in [0.05, 0.1) is 17.5 Å². The van der Waals surface area contributed by atoms with Gasteiger partial charge in [-0.1, -0.05) is 40.9 Å². The van der Waals surface area contributed by atoms with Gasteiger partial charge in [-0.3, -0.25) is 0 Å². The van der Waals surface area contributed by atoms with Gasteiger partial charge < -0.3 is 4.74 Å². The Kier molecular flexibility index (Phi) is 5.61. The first-order chi connectivity index (χ1) is 9.93. The van der Waals surface area contributed by atoms with Crippen LogP contribution in [-0.2, 0) is 6.42 Å². The van der Waals surface area contributed by atoms with Gasteiger partial charge in [-0.05, 0) is 30.2 Å². The van der Waals surface area contributed by atoms with Gasteiger partial charge in [0, 0.05) is 21.7 Å². The van der Waals surface area contributed by atoms with Gasteiger partial charge >= 0.3 is 0 Å². The lowest BCUT2D eigenvalue weighted by atomic mass is 10.0. The van der Waals surface area contributed by atoms with Crippen molar-refractivity contribution in [3.63, 3.8) is 0 Å². The summed E-state index contributed by atoms with van der Waals surface area (Å²) in [6.07, 6.45) is 0.204. The molecule has 6 heteroatoms.